The van der Waals surface area contributed by atoms with Crippen LogP contribution >= 0.6 is 11.8 Å². The summed E-state index contributed by atoms with van der Waals surface area (Å²) in [6, 6.07) is 1.93. The molecule has 1 rings (SSSR count). The molecule has 1 amide bonds. The van der Waals surface area contributed by atoms with Crippen LogP contribution in [0.3, 0.4) is 0 Å². The fourth-order valence-corrected chi connectivity index (χ4v) is 2.40. The van der Waals surface area contributed by atoms with Crippen molar-refractivity contribution in [3.63, 3.8) is 0 Å². The van der Waals surface area contributed by atoms with E-state index in [9.17, 15) is 4.79 Å². The third-order valence-corrected chi connectivity index (χ3v) is 3.39. The SMILES string of the molecule is CCCn1cc(N)cc1C(=O)NC(C)CCSC. The fourth-order valence-electron chi connectivity index (χ4n) is 1.81. The maximum absolute atomic E-state index is 12.1. The molecule has 5 heteroatoms. The van der Waals surface area contributed by atoms with Gasteiger partial charge in [0.2, 0.25) is 0 Å². The summed E-state index contributed by atoms with van der Waals surface area (Å²) in [6.07, 6.45) is 5.86. The summed E-state index contributed by atoms with van der Waals surface area (Å²) < 4.78 is 1.92. The molecule has 0 saturated carbocycles. The highest BCUT2D eigenvalue weighted by atomic mass is 32.2. The summed E-state index contributed by atoms with van der Waals surface area (Å²) in [5.74, 6) is 1.02. The molecule has 3 N–H and O–H groups in total. The largest absolute Gasteiger partial charge is 0.397 e. The zero-order valence-corrected chi connectivity index (χ0v) is 12.2. The van der Waals surface area contributed by atoms with E-state index in [1.54, 1.807) is 17.8 Å². The van der Waals surface area contributed by atoms with Crippen molar-refractivity contribution < 1.29 is 4.79 Å². The minimum Gasteiger partial charge on any atom is -0.397 e. The molecule has 0 saturated heterocycles. The van der Waals surface area contributed by atoms with Gasteiger partial charge < -0.3 is 15.6 Å². The molecule has 1 aromatic rings. The maximum atomic E-state index is 12.1. The molecular formula is C13H23N3OS. The second kappa shape index (κ2) is 7.36. The molecule has 0 aromatic carbocycles. The lowest BCUT2D eigenvalue weighted by atomic mass is 10.2. The Morgan fingerprint density at radius 2 is 2.33 bits per heavy atom. The normalized spacial score (nSPS) is 12.4. The number of anilines is 1. The van der Waals surface area contributed by atoms with Crippen LogP contribution < -0.4 is 11.1 Å². The highest BCUT2D eigenvalue weighted by molar-refractivity contribution is 7.98. The lowest BCUT2D eigenvalue weighted by Crippen LogP contribution is -2.34. The Balaban J connectivity index is 2.65. The van der Waals surface area contributed by atoms with Crippen molar-refractivity contribution in [2.75, 3.05) is 17.7 Å². The first-order chi connectivity index (χ1) is 8.58. The van der Waals surface area contributed by atoms with Crippen molar-refractivity contribution in [1.29, 1.82) is 0 Å². The van der Waals surface area contributed by atoms with E-state index >= 15 is 0 Å². The minimum absolute atomic E-state index is 0.0336. The molecule has 0 aliphatic heterocycles. The summed E-state index contributed by atoms with van der Waals surface area (Å²) in [7, 11) is 0. The number of carbonyl (C=O) groups is 1. The average molecular weight is 269 g/mol. The lowest BCUT2D eigenvalue weighted by molar-refractivity contribution is 0.0930. The molecule has 1 atom stereocenters. The first-order valence-electron chi connectivity index (χ1n) is 6.34. The maximum Gasteiger partial charge on any atom is 0.268 e. The number of nitrogen functional groups attached to an aromatic ring is 1. The number of nitrogens with zero attached hydrogens (tertiary/aromatic N) is 1. The third-order valence-electron chi connectivity index (χ3n) is 2.75. The molecular weight excluding hydrogens is 246 g/mol. The molecule has 0 bridgehead atoms. The minimum atomic E-state index is -0.0336. The zero-order valence-electron chi connectivity index (χ0n) is 11.4. The molecule has 102 valence electrons. The van der Waals surface area contributed by atoms with Gasteiger partial charge in [0.25, 0.3) is 5.91 Å². The molecule has 0 fully saturated rings. The van der Waals surface area contributed by atoms with E-state index in [4.69, 9.17) is 5.73 Å². The van der Waals surface area contributed by atoms with Gasteiger partial charge in [-0.05, 0) is 37.8 Å². The number of aryl methyl sites for hydroxylation is 1. The summed E-state index contributed by atoms with van der Waals surface area (Å²) in [5, 5.41) is 3.01. The van der Waals surface area contributed by atoms with Gasteiger partial charge in [-0.15, -0.1) is 0 Å². The van der Waals surface area contributed by atoms with Crippen molar-refractivity contribution in [3.05, 3.63) is 18.0 Å². The summed E-state index contributed by atoms with van der Waals surface area (Å²) in [4.78, 5) is 12.1. The molecule has 1 unspecified atom stereocenters. The summed E-state index contributed by atoms with van der Waals surface area (Å²) in [5.41, 5.74) is 7.06. The van der Waals surface area contributed by atoms with Crippen molar-refractivity contribution >= 4 is 23.4 Å². The van der Waals surface area contributed by atoms with E-state index in [0.717, 1.165) is 25.1 Å². The van der Waals surface area contributed by atoms with E-state index in [-0.39, 0.29) is 11.9 Å². The number of rotatable bonds is 7. The fraction of sp³-hybridized carbons (Fsp3) is 0.615. The molecule has 1 heterocycles. The van der Waals surface area contributed by atoms with E-state index in [0.29, 0.717) is 11.4 Å². The monoisotopic (exact) mass is 269 g/mol. The Hall–Kier alpha value is -1.10. The molecule has 0 aliphatic carbocycles. The van der Waals surface area contributed by atoms with Crippen molar-refractivity contribution in [3.8, 4) is 0 Å². The molecule has 0 spiro atoms. The van der Waals surface area contributed by atoms with Crippen LogP contribution in [-0.2, 0) is 6.54 Å². The third kappa shape index (κ3) is 4.29. The van der Waals surface area contributed by atoms with Crippen LogP contribution in [0.15, 0.2) is 12.3 Å². The highest BCUT2D eigenvalue weighted by Crippen LogP contribution is 2.12. The van der Waals surface area contributed by atoms with E-state index < -0.39 is 0 Å². The van der Waals surface area contributed by atoms with Crippen LogP contribution in [0.4, 0.5) is 5.69 Å². The number of thioether (sulfide) groups is 1. The molecule has 0 radical (unpaired) electrons. The second-order valence-corrected chi connectivity index (χ2v) is 5.49. The first-order valence-corrected chi connectivity index (χ1v) is 7.73. The predicted molar refractivity (Wildman–Crippen MR) is 79.1 cm³/mol. The van der Waals surface area contributed by atoms with E-state index in [2.05, 4.69) is 18.5 Å². The topological polar surface area (TPSA) is 60.0 Å². The Bertz CT molecular complexity index is 390. The molecule has 4 nitrogen and oxygen atoms in total. The highest BCUT2D eigenvalue weighted by Gasteiger charge is 2.14. The van der Waals surface area contributed by atoms with Crippen LogP contribution in [-0.4, -0.2) is 28.5 Å². The van der Waals surface area contributed by atoms with Crippen molar-refractivity contribution in [2.45, 2.75) is 39.3 Å². The van der Waals surface area contributed by atoms with Crippen molar-refractivity contribution in [1.82, 2.24) is 9.88 Å². The summed E-state index contributed by atoms with van der Waals surface area (Å²) in [6.45, 7) is 4.93. The smallest absolute Gasteiger partial charge is 0.268 e. The number of hydrogen-bond donors (Lipinski definition) is 2. The number of aromatic nitrogens is 1. The molecule has 1 aromatic heterocycles. The van der Waals surface area contributed by atoms with Gasteiger partial charge in [-0.2, -0.15) is 11.8 Å². The van der Waals surface area contributed by atoms with Crippen LogP contribution in [0.5, 0.6) is 0 Å². The van der Waals surface area contributed by atoms with E-state index in [1.807, 2.05) is 17.7 Å². The van der Waals surface area contributed by atoms with Gasteiger partial charge in [-0.3, -0.25) is 4.79 Å². The summed E-state index contributed by atoms with van der Waals surface area (Å²) >= 11 is 1.79. The van der Waals surface area contributed by atoms with Crippen LogP contribution in [0.2, 0.25) is 0 Å². The Morgan fingerprint density at radius 3 is 2.94 bits per heavy atom. The number of carbonyl (C=O) groups excluding carboxylic acids is 1. The van der Waals surface area contributed by atoms with Crippen LogP contribution in [0.25, 0.3) is 0 Å². The van der Waals surface area contributed by atoms with Gasteiger partial charge >= 0.3 is 0 Å². The number of nitrogens with two attached hydrogens (primary N) is 1. The quantitative estimate of drug-likeness (QED) is 0.799. The average Bonchev–Trinajstić information content (AvgIpc) is 2.68. The van der Waals surface area contributed by atoms with Crippen LogP contribution in [0, 0.1) is 0 Å². The van der Waals surface area contributed by atoms with E-state index in [1.165, 1.54) is 0 Å². The lowest BCUT2D eigenvalue weighted by Gasteiger charge is -2.14. The Morgan fingerprint density at radius 1 is 1.61 bits per heavy atom. The zero-order chi connectivity index (χ0) is 13.5. The molecule has 0 aliphatic rings. The second-order valence-electron chi connectivity index (χ2n) is 4.51. The van der Waals surface area contributed by atoms with Gasteiger partial charge in [0.15, 0.2) is 0 Å². The van der Waals surface area contributed by atoms with Gasteiger partial charge in [0.05, 0.1) is 5.69 Å². The Kier molecular flexibility index (Phi) is 6.12. The Labute approximate surface area is 113 Å². The number of hydrogen-bond acceptors (Lipinski definition) is 3. The molecule has 18 heavy (non-hydrogen) atoms. The van der Waals surface area contributed by atoms with Gasteiger partial charge in [0, 0.05) is 18.8 Å². The van der Waals surface area contributed by atoms with Crippen LogP contribution in [0.1, 0.15) is 37.2 Å². The number of amides is 1. The predicted octanol–water partition coefficient (Wildman–Crippen LogP) is 2.35. The van der Waals surface area contributed by atoms with Gasteiger partial charge in [-0.25, -0.2) is 0 Å². The van der Waals surface area contributed by atoms with Gasteiger partial charge in [0.1, 0.15) is 5.69 Å². The number of nitrogens with one attached hydrogen (secondary N) is 1. The van der Waals surface area contributed by atoms with Gasteiger partial charge in [-0.1, -0.05) is 6.92 Å². The standard InChI is InChI=1S/C13H23N3OS/c1-4-6-16-9-11(14)8-12(16)13(17)15-10(2)5-7-18-3/h8-10H,4-7,14H2,1-3H3,(H,15,17). The van der Waals surface area contributed by atoms with Crippen molar-refractivity contribution in [2.24, 2.45) is 0 Å². The first kappa shape index (κ1) is 15.0.